The summed E-state index contributed by atoms with van der Waals surface area (Å²) in [6.07, 6.45) is -0.613. The third kappa shape index (κ3) is 2.87. The van der Waals surface area contributed by atoms with Gasteiger partial charge in [-0.3, -0.25) is 20.0 Å². The Kier molecular flexibility index (Phi) is 4.51. The molecule has 1 N–H and O–H groups in total. The fraction of sp³-hybridized carbons (Fsp3) is 0.375. The normalized spacial score (nSPS) is 16.6. The molecule has 0 spiro atoms. The van der Waals surface area contributed by atoms with Gasteiger partial charge in [0.1, 0.15) is 0 Å². The van der Waals surface area contributed by atoms with Gasteiger partial charge in [-0.1, -0.05) is 12.1 Å². The van der Waals surface area contributed by atoms with Crippen LogP contribution in [0.15, 0.2) is 24.3 Å². The van der Waals surface area contributed by atoms with Crippen LogP contribution in [0.5, 0.6) is 0 Å². The maximum Gasteiger partial charge on any atom is 0.275 e. The number of hydrogen-bond donors (Lipinski definition) is 1. The molecular weight excluding hydrogens is 328 g/mol. The van der Waals surface area contributed by atoms with Gasteiger partial charge in [0.15, 0.2) is 12.0 Å². The highest BCUT2D eigenvalue weighted by Gasteiger charge is 2.42. The number of fused-ring (bicyclic) bond motifs is 1. The Morgan fingerprint density at radius 3 is 2.76 bits per heavy atom. The van der Waals surface area contributed by atoms with Gasteiger partial charge in [-0.2, -0.15) is 5.10 Å². The van der Waals surface area contributed by atoms with Gasteiger partial charge in [-0.25, -0.2) is 0 Å². The van der Waals surface area contributed by atoms with E-state index in [-0.39, 0.29) is 18.1 Å². The minimum absolute atomic E-state index is 0.0328. The van der Waals surface area contributed by atoms with Gasteiger partial charge >= 0.3 is 0 Å². The lowest BCUT2D eigenvalue weighted by molar-refractivity contribution is -0.384. The van der Waals surface area contributed by atoms with E-state index in [1.807, 2.05) is 6.92 Å². The van der Waals surface area contributed by atoms with Gasteiger partial charge < -0.3 is 14.4 Å². The van der Waals surface area contributed by atoms with E-state index in [0.717, 1.165) is 11.3 Å². The smallest absolute Gasteiger partial charge is 0.275 e. The van der Waals surface area contributed by atoms with E-state index >= 15 is 0 Å². The average molecular weight is 346 g/mol. The second-order valence-corrected chi connectivity index (χ2v) is 5.72. The van der Waals surface area contributed by atoms with Crippen molar-refractivity contribution in [1.29, 1.82) is 0 Å². The minimum Gasteiger partial charge on any atom is -0.354 e. The fourth-order valence-electron chi connectivity index (χ4n) is 3.09. The van der Waals surface area contributed by atoms with Gasteiger partial charge in [0.05, 0.1) is 17.5 Å². The molecule has 1 amide bonds. The molecule has 1 atom stereocenters. The van der Waals surface area contributed by atoms with Crippen molar-refractivity contribution in [1.82, 2.24) is 15.1 Å². The Morgan fingerprint density at radius 2 is 2.12 bits per heavy atom. The number of ether oxygens (including phenoxy) is 2. The molecule has 132 valence electrons. The molecule has 0 saturated heterocycles. The monoisotopic (exact) mass is 346 g/mol. The number of rotatable bonds is 6. The quantitative estimate of drug-likeness (QED) is 0.485. The van der Waals surface area contributed by atoms with Gasteiger partial charge in [0, 0.05) is 37.6 Å². The molecule has 0 bridgehead atoms. The first-order chi connectivity index (χ1) is 12.0. The molecule has 1 aliphatic heterocycles. The summed E-state index contributed by atoms with van der Waals surface area (Å²) in [5, 5.41) is 18.0. The number of aromatic nitrogens is 2. The molecule has 2 aromatic rings. The van der Waals surface area contributed by atoms with E-state index in [1.165, 1.54) is 26.4 Å². The molecule has 1 aromatic carbocycles. The number of hydrogen-bond acceptors (Lipinski definition) is 6. The van der Waals surface area contributed by atoms with Crippen LogP contribution < -0.4 is 0 Å². The fourth-order valence-corrected chi connectivity index (χ4v) is 3.09. The molecule has 0 aliphatic carbocycles. The maximum atomic E-state index is 12.8. The predicted molar refractivity (Wildman–Crippen MR) is 87.1 cm³/mol. The van der Waals surface area contributed by atoms with Gasteiger partial charge in [0.25, 0.3) is 11.6 Å². The number of methoxy groups -OCH3 is 2. The molecule has 0 radical (unpaired) electrons. The van der Waals surface area contributed by atoms with Gasteiger partial charge in [-0.05, 0) is 12.5 Å². The van der Waals surface area contributed by atoms with Crippen LogP contribution >= 0.6 is 0 Å². The lowest BCUT2D eigenvalue weighted by Gasteiger charge is -2.28. The van der Waals surface area contributed by atoms with Crippen LogP contribution in [0, 0.1) is 17.0 Å². The van der Waals surface area contributed by atoms with Gasteiger partial charge in [0.2, 0.25) is 0 Å². The van der Waals surface area contributed by atoms with Crippen LogP contribution in [0.3, 0.4) is 0 Å². The lowest BCUT2D eigenvalue weighted by Crippen LogP contribution is -2.38. The lowest BCUT2D eigenvalue weighted by atomic mass is 9.99. The van der Waals surface area contributed by atoms with E-state index in [4.69, 9.17) is 9.47 Å². The second kappa shape index (κ2) is 6.61. The van der Waals surface area contributed by atoms with E-state index in [1.54, 1.807) is 17.0 Å². The Bertz CT molecular complexity index is 815. The number of non-ortho nitro benzene ring substituents is 1. The van der Waals surface area contributed by atoms with E-state index < -0.39 is 17.3 Å². The zero-order valence-corrected chi connectivity index (χ0v) is 14.1. The van der Waals surface area contributed by atoms with Crippen LogP contribution in [0.2, 0.25) is 0 Å². The molecule has 9 heteroatoms. The molecule has 9 nitrogen and oxygen atoms in total. The highest BCUT2D eigenvalue weighted by Crippen LogP contribution is 2.40. The van der Waals surface area contributed by atoms with Crippen molar-refractivity contribution in [3.63, 3.8) is 0 Å². The minimum atomic E-state index is -0.613. The highest BCUT2D eigenvalue weighted by atomic mass is 16.7. The summed E-state index contributed by atoms with van der Waals surface area (Å²) in [6.45, 7) is 1.99. The van der Waals surface area contributed by atoms with Crippen LogP contribution in [-0.2, 0) is 9.47 Å². The maximum absolute atomic E-state index is 12.8. The van der Waals surface area contributed by atoms with Crippen molar-refractivity contribution in [2.24, 2.45) is 0 Å². The number of amides is 1. The Morgan fingerprint density at radius 1 is 1.40 bits per heavy atom. The van der Waals surface area contributed by atoms with E-state index in [9.17, 15) is 14.9 Å². The first-order valence-corrected chi connectivity index (χ1v) is 7.63. The number of aryl methyl sites for hydroxylation is 1. The van der Waals surface area contributed by atoms with Crippen LogP contribution in [-0.4, -0.2) is 53.0 Å². The third-order valence-electron chi connectivity index (χ3n) is 4.31. The summed E-state index contributed by atoms with van der Waals surface area (Å²) in [5.41, 5.74) is 2.39. The van der Waals surface area contributed by atoms with Crippen LogP contribution in [0.1, 0.15) is 33.4 Å². The summed E-state index contributed by atoms with van der Waals surface area (Å²) in [5.74, 6) is -0.269. The Balaban J connectivity index is 2.08. The molecular formula is C16H18N4O5. The zero-order valence-electron chi connectivity index (χ0n) is 14.1. The number of carbonyl (C=O) groups is 1. The number of nitro groups is 1. The van der Waals surface area contributed by atoms with Crippen molar-refractivity contribution in [3.8, 4) is 0 Å². The topological polar surface area (TPSA) is 111 Å². The molecule has 25 heavy (non-hydrogen) atoms. The number of H-pyrrole nitrogens is 1. The number of nitro benzene ring substituents is 1. The van der Waals surface area contributed by atoms with E-state index in [0.29, 0.717) is 11.3 Å². The molecule has 2 heterocycles. The number of benzene rings is 1. The average Bonchev–Trinajstić information content (AvgIpc) is 3.11. The number of nitrogens with zero attached hydrogens (tertiary/aromatic N) is 3. The summed E-state index contributed by atoms with van der Waals surface area (Å²) >= 11 is 0. The van der Waals surface area contributed by atoms with Crippen molar-refractivity contribution < 1.29 is 19.2 Å². The molecule has 0 saturated carbocycles. The Hall–Kier alpha value is -2.78. The third-order valence-corrected chi connectivity index (χ3v) is 4.31. The summed E-state index contributed by atoms with van der Waals surface area (Å²) < 4.78 is 10.4. The van der Waals surface area contributed by atoms with Crippen molar-refractivity contribution >= 4 is 11.6 Å². The number of aromatic amines is 1. The van der Waals surface area contributed by atoms with Crippen LogP contribution in [0.4, 0.5) is 5.69 Å². The molecule has 1 aromatic heterocycles. The number of carbonyl (C=O) groups excluding carboxylic acids is 1. The van der Waals surface area contributed by atoms with Crippen molar-refractivity contribution in [3.05, 3.63) is 56.9 Å². The molecule has 1 aliphatic rings. The predicted octanol–water partition coefficient (Wildman–Crippen LogP) is 1.79. The van der Waals surface area contributed by atoms with Crippen LogP contribution in [0.25, 0.3) is 0 Å². The van der Waals surface area contributed by atoms with Gasteiger partial charge in [-0.15, -0.1) is 0 Å². The first-order valence-electron chi connectivity index (χ1n) is 7.63. The molecule has 1 unspecified atom stereocenters. The SMILES string of the molecule is COC(CN1C(=O)c2n[nH]c(C)c2C1c1cccc([N+](=O)[O-])c1)OC. The molecule has 3 rings (SSSR count). The summed E-state index contributed by atoms with van der Waals surface area (Å²) in [7, 11) is 2.98. The van der Waals surface area contributed by atoms with E-state index in [2.05, 4.69) is 10.2 Å². The van der Waals surface area contributed by atoms with Crippen molar-refractivity contribution in [2.45, 2.75) is 19.3 Å². The largest absolute Gasteiger partial charge is 0.354 e. The zero-order chi connectivity index (χ0) is 18.1. The standard InChI is InChI=1S/C16H18N4O5/c1-9-13-14(18-17-9)16(21)19(8-12(24-2)25-3)15(13)10-5-4-6-11(7-10)20(22)23/h4-7,12,15H,8H2,1-3H3,(H,17,18). The Labute approximate surface area is 143 Å². The summed E-state index contributed by atoms with van der Waals surface area (Å²) in [4.78, 5) is 25.0. The van der Waals surface area contributed by atoms with Crippen molar-refractivity contribution in [2.75, 3.05) is 20.8 Å². The second-order valence-electron chi connectivity index (χ2n) is 5.72. The number of nitrogens with one attached hydrogen (secondary N) is 1. The summed E-state index contributed by atoms with van der Waals surface area (Å²) in [6, 6.07) is 5.76. The molecule has 0 fully saturated rings. The highest BCUT2D eigenvalue weighted by molar-refractivity contribution is 5.98. The first kappa shape index (κ1) is 17.1.